The zero-order chi connectivity index (χ0) is 13.7. The fourth-order valence-electron chi connectivity index (χ4n) is 1.78. The Labute approximate surface area is 113 Å². The maximum Gasteiger partial charge on any atom is 0.161 e. The lowest BCUT2D eigenvalue weighted by Crippen LogP contribution is -2.02. The van der Waals surface area contributed by atoms with E-state index in [0.717, 1.165) is 17.0 Å². The van der Waals surface area contributed by atoms with Crippen molar-refractivity contribution in [2.45, 2.75) is 6.92 Å². The van der Waals surface area contributed by atoms with Crippen LogP contribution in [0.5, 0.6) is 5.75 Å². The van der Waals surface area contributed by atoms with Gasteiger partial charge in [0.05, 0.1) is 13.7 Å². The molecule has 0 atom stereocenters. The van der Waals surface area contributed by atoms with Crippen LogP contribution >= 0.6 is 0 Å². The molecule has 2 aromatic carbocycles. The Balaban J connectivity index is 2.07. The minimum absolute atomic E-state index is 0.0474. The van der Waals surface area contributed by atoms with E-state index < -0.39 is 0 Å². The average molecular weight is 254 g/mol. The second-order valence-corrected chi connectivity index (χ2v) is 4.16. The van der Waals surface area contributed by atoms with Crippen LogP contribution in [0.3, 0.4) is 0 Å². The Kier molecular flexibility index (Phi) is 4.18. The van der Waals surface area contributed by atoms with Crippen molar-refractivity contribution in [3.8, 4) is 5.75 Å². The number of hydrogen-bond donors (Lipinski definition) is 1. The lowest BCUT2D eigenvalue weighted by Gasteiger charge is -2.10. The summed E-state index contributed by atoms with van der Waals surface area (Å²) in [5, 5.41) is 3.16. The number of Topliss-reactive ketones (excluding diaryl/α,β-unsaturated/α-hetero) is 1. The van der Waals surface area contributed by atoms with Crippen molar-refractivity contribution in [2.75, 3.05) is 12.4 Å². The van der Waals surface area contributed by atoms with Gasteiger partial charge in [0.25, 0.3) is 0 Å². The van der Waals surface area contributed by atoms with Gasteiger partial charge in [-0.15, -0.1) is 0 Å². The maximum atomic E-state index is 11.5. The second-order valence-electron chi connectivity index (χ2n) is 4.16. The number of nitrogens with one attached hydrogen (secondary N) is 1. The Bertz CT molecular complexity index is 561. The lowest BCUT2D eigenvalue weighted by atomic mass is 10.1. The van der Waals surface area contributed by atoms with Gasteiger partial charge in [-0.2, -0.15) is 0 Å². The van der Waals surface area contributed by atoms with Crippen molar-refractivity contribution in [3.63, 3.8) is 0 Å². The molecule has 0 aliphatic rings. The summed E-state index contributed by atoms with van der Waals surface area (Å²) >= 11 is 0. The van der Waals surface area contributed by atoms with Crippen LogP contribution < -0.4 is 10.1 Å². The van der Waals surface area contributed by atoms with Gasteiger partial charge in [-0.3, -0.25) is 4.79 Å². The molecule has 2 rings (SSSR count). The number of anilines is 1. The highest BCUT2D eigenvalue weighted by molar-refractivity contribution is 5.99. The maximum absolute atomic E-state index is 11.5. The number of methoxy groups -OCH3 is 1. The number of carbonyl (C=O) groups is 1. The molecule has 97 valence electrons. The SMILES string of the molecule is COc1ccc([CH]Nc2ccccc2C(C)=O)cc1. The van der Waals surface area contributed by atoms with E-state index >= 15 is 0 Å². The second kappa shape index (κ2) is 6.05. The van der Waals surface area contributed by atoms with Gasteiger partial charge in [-0.05, 0) is 36.8 Å². The van der Waals surface area contributed by atoms with E-state index in [1.807, 2.05) is 55.1 Å². The van der Waals surface area contributed by atoms with Gasteiger partial charge in [0.1, 0.15) is 5.75 Å². The number of para-hydroxylation sites is 1. The predicted molar refractivity (Wildman–Crippen MR) is 76.5 cm³/mol. The topological polar surface area (TPSA) is 38.3 Å². The minimum atomic E-state index is 0.0474. The molecular weight excluding hydrogens is 238 g/mol. The third-order valence-corrected chi connectivity index (χ3v) is 2.82. The molecule has 1 N–H and O–H groups in total. The molecule has 0 aliphatic heterocycles. The highest BCUT2D eigenvalue weighted by Crippen LogP contribution is 2.18. The molecule has 19 heavy (non-hydrogen) atoms. The molecule has 0 saturated carbocycles. The van der Waals surface area contributed by atoms with Crippen LogP contribution in [0, 0.1) is 6.54 Å². The molecule has 0 fully saturated rings. The normalized spacial score (nSPS) is 10.0. The molecule has 0 saturated heterocycles. The number of ketones is 1. The number of benzene rings is 2. The molecule has 3 heteroatoms. The summed E-state index contributed by atoms with van der Waals surface area (Å²) in [6.45, 7) is 3.43. The van der Waals surface area contributed by atoms with Crippen LogP contribution in [-0.2, 0) is 0 Å². The molecule has 0 aromatic heterocycles. The van der Waals surface area contributed by atoms with E-state index in [9.17, 15) is 4.79 Å². The third kappa shape index (κ3) is 3.35. The first kappa shape index (κ1) is 13.1. The van der Waals surface area contributed by atoms with Crippen LogP contribution in [0.1, 0.15) is 22.8 Å². The molecule has 0 heterocycles. The van der Waals surface area contributed by atoms with Gasteiger partial charge in [0.2, 0.25) is 0 Å². The molecule has 0 spiro atoms. The van der Waals surface area contributed by atoms with E-state index in [1.54, 1.807) is 14.0 Å². The van der Waals surface area contributed by atoms with Gasteiger partial charge < -0.3 is 10.1 Å². The van der Waals surface area contributed by atoms with Crippen molar-refractivity contribution in [2.24, 2.45) is 0 Å². The summed E-state index contributed by atoms with van der Waals surface area (Å²) in [6, 6.07) is 15.1. The standard InChI is InChI=1S/C16H16NO2/c1-12(18)15-5-3-4-6-16(15)17-11-13-7-9-14(19-2)10-8-13/h3-11,17H,1-2H3. The van der Waals surface area contributed by atoms with Crippen molar-refractivity contribution in [1.82, 2.24) is 0 Å². The number of ether oxygens (including phenoxy) is 1. The van der Waals surface area contributed by atoms with E-state index in [0.29, 0.717) is 5.56 Å². The molecule has 1 radical (unpaired) electrons. The molecular formula is C16H16NO2. The fraction of sp³-hybridized carbons (Fsp3) is 0.125. The highest BCUT2D eigenvalue weighted by Gasteiger charge is 2.05. The van der Waals surface area contributed by atoms with Crippen molar-refractivity contribution in [1.29, 1.82) is 0 Å². The van der Waals surface area contributed by atoms with E-state index in [4.69, 9.17) is 4.74 Å². The van der Waals surface area contributed by atoms with Crippen molar-refractivity contribution >= 4 is 11.5 Å². The quantitative estimate of drug-likeness (QED) is 0.830. The van der Waals surface area contributed by atoms with Crippen LogP contribution in [0.2, 0.25) is 0 Å². The summed E-state index contributed by atoms with van der Waals surface area (Å²) in [6.07, 6.45) is 0. The van der Waals surface area contributed by atoms with Gasteiger partial charge in [0, 0.05) is 11.3 Å². The monoisotopic (exact) mass is 254 g/mol. The first-order valence-electron chi connectivity index (χ1n) is 6.04. The Morgan fingerprint density at radius 3 is 2.42 bits per heavy atom. The third-order valence-electron chi connectivity index (χ3n) is 2.82. The first-order chi connectivity index (χ1) is 9.20. The van der Waals surface area contributed by atoms with Crippen molar-refractivity contribution < 1.29 is 9.53 Å². The largest absolute Gasteiger partial charge is 0.497 e. The van der Waals surface area contributed by atoms with Crippen LogP contribution in [0.4, 0.5) is 5.69 Å². The van der Waals surface area contributed by atoms with E-state index in [-0.39, 0.29) is 5.78 Å². The smallest absolute Gasteiger partial charge is 0.161 e. The van der Waals surface area contributed by atoms with Gasteiger partial charge in [-0.25, -0.2) is 0 Å². The zero-order valence-electron chi connectivity index (χ0n) is 11.0. The summed E-state index contributed by atoms with van der Waals surface area (Å²) in [5.41, 5.74) is 2.51. The van der Waals surface area contributed by atoms with Crippen LogP contribution in [0.15, 0.2) is 48.5 Å². The summed E-state index contributed by atoms with van der Waals surface area (Å²) in [5.74, 6) is 0.868. The summed E-state index contributed by atoms with van der Waals surface area (Å²) in [4.78, 5) is 11.5. The van der Waals surface area contributed by atoms with Gasteiger partial charge in [0.15, 0.2) is 5.78 Å². The number of hydrogen-bond acceptors (Lipinski definition) is 3. The Morgan fingerprint density at radius 1 is 1.11 bits per heavy atom. The van der Waals surface area contributed by atoms with Gasteiger partial charge in [-0.1, -0.05) is 24.3 Å². The fourth-order valence-corrected chi connectivity index (χ4v) is 1.78. The predicted octanol–water partition coefficient (Wildman–Crippen LogP) is 3.52. The molecule has 3 nitrogen and oxygen atoms in total. The molecule has 0 bridgehead atoms. The summed E-state index contributed by atoms with van der Waals surface area (Å²) in [7, 11) is 1.64. The first-order valence-corrected chi connectivity index (χ1v) is 6.04. The van der Waals surface area contributed by atoms with E-state index in [1.165, 1.54) is 0 Å². The van der Waals surface area contributed by atoms with Crippen LogP contribution in [0.25, 0.3) is 0 Å². The van der Waals surface area contributed by atoms with Crippen LogP contribution in [-0.4, -0.2) is 12.9 Å². The molecule has 0 aliphatic carbocycles. The Morgan fingerprint density at radius 2 is 1.79 bits per heavy atom. The number of rotatable bonds is 5. The zero-order valence-corrected chi connectivity index (χ0v) is 11.0. The Hall–Kier alpha value is -2.29. The highest BCUT2D eigenvalue weighted by atomic mass is 16.5. The average Bonchev–Trinajstić information content (AvgIpc) is 2.46. The van der Waals surface area contributed by atoms with E-state index in [2.05, 4.69) is 5.32 Å². The summed E-state index contributed by atoms with van der Waals surface area (Å²) < 4.78 is 5.10. The molecule has 0 unspecified atom stereocenters. The van der Waals surface area contributed by atoms with Crippen molar-refractivity contribution in [3.05, 3.63) is 66.2 Å². The lowest BCUT2D eigenvalue weighted by molar-refractivity contribution is 0.101. The van der Waals surface area contributed by atoms with Gasteiger partial charge >= 0.3 is 0 Å². The molecule has 0 amide bonds. The minimum Gasteiger partial charge on any atom is -0.497 e. The molecule has 2 aromatic rings. The number of carbonyl (C=O) groups excluding carboxylic acids is 1.